The number of amides is 2. The Morgan fingerprint density at radius 3 is 2.11 bits per heavy atom. The minimum Gasteiger partial charge on any atom is -0.295 e. The zero-order valence-electron chi connectivity index (χ0n) is 20.4. The molecule has 0 spiro atoms. The van der Waals surface area contributed by atoms with Gasteiger partial charge in [0.05, 0.1) is 32.1 Å². The molecule has 0 radical (unpaired) electrons. The lowest BCUT2D eigenvalue weighted by atomic mass is 9.93. The monoisotopic (exact) mass is 490 g/mol. The van der Waals surface area contributed by atoms with Gasteiger partial charge in [-0.3, -0.25) is 18.7 Å². The van der Waals surface area contributed by atoms with Crippen LogP contribution in [0, 0.1) is 0 Å². The molecule has 0 saturated heterocycles. The van der Waals surface area contributed by atoms with Crippen LogP contribution >= 0.6 is 0 Å². The van der Waals surface area contributed by atoms with Crippen molar-refractivity contribution in [1.29, 1.82) is 0 Å². The van der Waals surface area contributed by atoms with Crippen molar-refractivity contribution >= 4 is 54.7 Å². The number of hydrogen-bond donors (Lipinski definition) is 0. The smallest absolute Gasteiger partial charge is 0.295 e. The number of aryl methyl sites for hydroxylation is 2. The van der Waals surface area contributed by atoms with E-state index >= 15 is 0 Å². The number of benzene rings is 3. The molecule has 0 aliphatic carbocycles. The fourth-order valence-corrected chi connectivity index (χ4v) is 5.16. The van der Waals surface area contributed by atoms with E-state index in [2.05, 4.69) is 4.36 Å². The van der Waals surface area contributed by atoms with Crippen LogP contribution in [0.5, 0.6) is 0 Å². The Balaban J connectivity index is 1.72. The maximum absolute atomic E-state index is 13.6. The molecule has 0 bridgehead atoms. The lowest BCUT2D eigenvalue weighted by molar-refractivity contribution is 0.0893. The largest absolute Gasteiger partial charge is 0.328 e. The van der Waals surface area contributed by atoms with Gasteiger partial charge in [0.15, 0.2) is 0 Å². The number of carbonyl (C=O) groups is 2. The molecule has 1 aromatic heterocycles. The van der Waals surface area contributed by atoms with E-state index in [0.29, 0.717) is 44.3 Å². The molecule has 1 unspecified atom stereocenters. The highest BCUT2D eigenvalue weighted by Gasteiger charge is 2.35. The van der Waals surface area contributed by atoms with Crippen LogP contribution in [0.2, 0.25) is 0 Å². The number of hydrogen-bond acceptors (Lipinski definition) is 5. The lowest BCUT2D eigenvalue weighted by Gasteiger charge is -2.28. The summed E-state index contributed by atoms with van der Waals surface area (Å²) in [5.74, 6) is -0.919. The predicted octanol–water partition coefficient (Wildman–Crippen LogP) is 4.36. The fraction of sp³-hybridized carbons (Fsp3) is 0.269. The van der Waals surface area contributed by atoms with E-state index in [9.17, 15) is 18.6 Å². The Hall–Kier alpha value is -3.72. The van der Waals surface area contributed by atoms with Crippen molar-refractivity contribution in [3.8, 4) is 0 Å². The maximum Gasteiger partial charge on any atom is 0.328 e. The van der Waals surface area contributed by atoms with Gasteiger partial charge in [0.2, 0.25) is 0 Å². The Morgan fingerprint density at radius 1 is 0.829 bits per heavy atom. The van der Waals surface area contributed by atoms with Crippen LogP contribution in [0.4, 0.5) is 11.4 Å². The van der Waals surface area contributed by atoms with Crippen LogP contribution < -0.4 is 10.6 Å². The number of imide groups is 1. The van der Waals surface area contributed by atoms with E-state index in [1.54, 1.807) is 68.9 Å². The van der Waals surface area contributed by atoms with E-state index in [0.717, 1.165) is 4.90 Å². The standard InChI is InChI=1S/C26H26N4O4S/c1-26(2,3)35(6,34)27-19-12-11-18-22-16(19)8-7-9-17(22)23(31)30(24(18)32)15-10-13-20-21(14-15)29(5)25(33)28(20)4/h7-14H,1-6H3. The Labute approximate surface area is 203 Å². The summed E-state index contributed by atoms with van der Waals surface area (Å²) in [4.78, 5) is 40.7. The van der Waals surface area contributed by atoms with Crippen LogP contribution in [-0.4, -0.2) is 36.2 Å². The van der Waals surface area contributed by atoms with Gasteiger partial charge in [-0.2, -0.15) is 4.36 Å². The fourth-order valence-electron chi connectivity index (χ4n) is 4.35. The van der Waals surface area contributed by atoms with E-state index in [-0.39, 0.29) is 5.69 Å². The normalized spacial score (nSPS) is 15.7. The van der Waals surface area contributed by atoms with Crippen molar-refractivity contribution in [3.05, 3.63) is 70.1 Å². The van der Waals surface area contributed by atoms with E-state index in [1.165, 1.54) is 9.13 Å². The minimum atomic E-state index is -2.60. The van der Waals surface area contributed by atoms with Crippen LogP contribution in [0.1, 0.15) is 41.5 Å². The molecule has 0 saturated carbocycles. The van der Waals surface area contributed by atoms with Gasteiger partial charge in [0.25, 0.3) is 11.8 Å². The molecule has 0 fully saturated rings. The molecule has 8 nitrogen and oxygen atoms in total. The molecular weight excluding hydrogens is 464 g/mol. The van der Waals surface area contributed by atoms with Crippen LogP contribution in [0.3, 0.4) is 0 Å². The number of imidazole rings is 1. The Morgan fingerprint density at radius 2 is 1.46 bits per heavy atom. The summed E-state index contributed by atoms with van der Waals surface area (Å²) in [6, 6.07) is 13.6. The summed E-state index contributed by atoms with van der Waals surface area (Å²) in [6.07, 6.45) is 1.62. The molecule has 180 valence electrons. The second-order valence-electron chi connectivity index (χ2n) is 9.89. The molecule has 3 aromatic carbocycles. The average Bonchev–Trinajstić information content (AvgIpc) is 3.01. The first-order valence-corrected chi connectivity index (χ1v) is 13.1. The summed E-state index contributed by atoms with van der Waals surface area (Å²) >= 11 is 0. The van der Waals surface area contributed by atoms with Crippen LogP contribution in [0.25, 0.3) is 21.8 Å². The summed E-state index contributed by atoms with van der Waals surface area (Å²) in [6.45, 7) is 5.61. The molecule has 9 heteroatoms. The highest BCUT2D eigenvalue weighted by Crippen LogP contribution is 2.38. The van der Waals surface area contributed by atoms with Gasteiger partial charge >= 0.3 is 5.69 Å². The average molecular weight is 491 g/mol. The van der Waals surface area contributed by atoms with Crippen molar-refractivity contribution in [1.82, 2.24) is 9.13 Å². The molecule has 35 heavy (non-hydrogen) atoms. The third kappa shape index (κ3) is 3.25. The zero-order valence-corrected chi connectivity index (χ0v) is 21.3. The topological polar surface area (TPSA) is 93.7 Å². The second-order valence-corrected chi connectivity index (χ2v) is 12.9. The van der Waals surface area contributed by atoms with Gasteiger partial charge < -0.3 is 0 Å². The molecule has 1 aliphatic heterocycles. The van der Waals surface area contributed by atoms with Crippen LogP contribution in [-0.2, 0) is 23.8 Å². The van der Waals surface area contributed by atoms with E-state index in [1.807, 2.05) is 20.8 Å². The number of carbonyl (C=O) groups excluding carboxylic acids is 2. The summed E-state index contributed by atoms with van der Waals surface area (Å²) in [7, 11) is 0.728. The summed E-state index contributed by atoms with van der Waals surface area (Å²) in [5, 5.41) is 1.12. The highest BCUT2D eigenvalue weighted by molar-refractivity contribution is 7.94. The third-order valence-corrected chi connectivity index (χ3v) is 9.62. The minimum absolute atomic E-state index is 0.192. The van der Waals surface area contributed by atoms with E-state index in [4.69, 9.17) is 0 Å². The number of nitrogens with zero attached hydrogens (tertiary/aromatic N) is 4. The second kappa shape index (κ2) is 7.39. The first-order valence-electron chi connectivity index (χ1n) is 11.2. The summed E-state index contributed by atoms with van der Waals surface area (Å²) in [5.41, 5.74) is 2.74. The SMILES string of the molecule is Cn1c(=O)n(C)c2cc(N3C(=O)c4cccc5c(N=S(C)(=O)C(C)(C)C)ccc(c45)C3=O)ccc21. The number of rotatable bonds is 2. The quantitative estimate of drug-likeness (QED) is 0.390. The van der Waals surface area contributed by atoms with Crippen molar-refractivity contribution in [3.63, 3.8) is 0 Å². The number of aromatic nitrogens is 2. The van der Waals surface area contributed by atoms with Crippen molar-refractivity contribution < 1.29 is 13.8 Å². The van der Waals surface area contributed by atoms with Gasteiger partial charge in [-0.25, -0.2) is 13.9 Å². The number of fused-ring (bicyclic) bond motifs is 1. The van der Waals surface area contributed by atoms with Gasteiger partial charge in [-0.15, -0.1) is 0 Å². The van der Waals surface area contributed by atoms with Gasteiger partial charge in [0, 0.05) is 47.0 Å². The van der Waals surface area contributed by atoms with Gasteiger partial charge in [-0.1, -0.05) is 12.1 Å². The molecule has 2 heterocycles. The molecule has 2 amide bonds. The molecule has 1 aliphatic rings. The van der Waals surface area contributed by atoms with E-state index < -0.39 is 26.3 Å². The van der Waals surface area contributed by atoms with Gasteiger partial charge in [-0.05, 0) is 57.2 Å². The Bertz CT molecular complexity index is 1760. The van der Waals surface area contributed by atoms with Crippen molar-refractivity contribution in [2.45, 2.75) is 25.5 Å². The van der Waals surface area contributed by atoms with Crippen molar-refractivity contribution in [2.75, 3.05) is 11.2 Å². The molecular formula is C26H26N4O4S. The molecule has 4 aromatic rings. The van der Waals surface area contributed by atoms with Gasteiger partial charge in [0.1, 0.15) is 0 Å². The Kier molecular flexibility index (Phi) is 4.86. The first kappa shape index (κ1) is 23.0. The first-order chi connectivity index (χ1) is 16.3. The predicted molar refractivity (Wildman–Crippen MR) is 139 cm³/mol. The molecule has 1 atom stereocenters. The summed E-state index contributed by atoms with van der Waals surface area (Å²) < 4.78 is 20.3. The highest BCUT2D eigenvalue weighted by atomic mass is 32.2. The lowest BCUT2D eigenvalue weighted by Crippen LogP contribution is -2.40. The van der Waals surface area contributed by atoms with Crippen LogP contribution in [0.15, 0.2) is 57.7 Å². The molecule has 5 rings (SSSR count). The number of anilines is 1. The van der Waals surface area contributed by atoms with Crippen molar-refractivity contribution in [2.24, 2.45) is 18.5 Å². The molecule has 0 N–H and O–H groups in total. The zero-order chi connectivity index (χ0) is 25.4. The third-order valence-electron chi connectivity index (χ3n) is 6.81. The maximum atomic E-state index is 13.6.